The molecule has 2 aliphatic rings. The fraction of sp³-hybridized carbons (Fsp3) is 0.455. The Morgan fingerprint density at radius 2 is 1.64 bits per heavy atom. The van der Waals surface area contributed by atoms with Crippen LogP contribution in [-0.4, -0.2) is 75.8 Å². The number of amides is 1. The van der Waals surface area contributed by atoms with Crippen LogP contribution in [0.4, 0.5) is 11.6 Å². The topological polar surface area (TPSA) is 137 Å². The number of carbonyl (C=O) groups excluding carboxylic acids is 1. The molecule has 11 nitrogen and oxygen atoms in total. The molecule has 3 heterocycles. The predicted molar refractivity (Wildman–Crippen MR) is 165 cm³/mol. The molecule has 1 amide bonds. The summed E-state index contributed by atoms with van der Waals surface area (Å²) in [5.41, 5.74) is 3.35. The Balaban J connectivity index is 1.23. The summed E-state index contributed by atoms with van der Waals surface area (Å²) in [6.45, 7) is 4.16. The first-order valence-corrected chi connectivity index (χ1v) is 15.3. The van der Waals surface area contributed by atoms with Crippen LogP contribution in [-0.2, 0) is 25.7 Å². The molecule has 2 aromatic carbocycles. The Hall–Kier alpha value is -3.90. The Bertz CT molecular complexity index is 1350. The number of carbonyl (C=O) groups is 2. The summed E-state index contributed by atoms with van der Waals surface area (Å²) in [6.07, 6.45) is 5.67. The maximum Gasteiger partial charge on any atom is 0.303 e. The van der Waals surface area contributed by atoms with Crippen molar-refractivity contribution in [2.45, 2.75) is 63.6 Å². The highest BCUT2D eigenvalue weighted by atomic mass is 16.7. The van der Waals surface area contributed by atoms with Crippen LogP contribution in [0.3, 0.4) is 0 Å². The Morgan fingerprint density at radius 3 is 2.36 bits per heavy atom. The first-order chi connectivity index (χ1) is 21.5. The van der Waals surface area contributed by atoms with E-state index in [4.69, 9.17) is 14.6 Å². The molecule has 0 unspecified atom stereocenters. The molecule has 234 valence electrons. The van der Waals surface area contributed by atoms with Crippen molar-refractivity contribution in [3.05, 3.63) is 83.7 Å². The fourth-order valence-electron chi connectivity index (χ4n) is 5.63. The number of aliphatic hydroxyl groups is 1. The number of nitrogens with zero attached hydrogens (tertiary/aromatic N) is 4. The molecule has 3 atom stereocenters. The van der Waals surface area contributed by atoms with Crippen LogP contribution in [0.2, 0.25) is 0 Å². The summed E-state index contributed by atoms with van der Waals surface area (Å²) in [5, 5.41) is 21.2. The lowest BCUT2D eigenvalue weighted by molar-refractivity contribution is -0.253. The molecular formula is C33H41N5O6. The Labute approximate surface area is 257 Å². The number of piperazine rings is 1. The number of unbranched alkanes of at least 4 members (excludes halogenated alkanes) is 2. The van der Waals surface area contributed by atoms with E-state index in [9.17, 15) is 14.7 Å². The van der Waals surface area contributed by atoms with E-state index in [0.29, 0.717) is 37.8 Å². The number of hydrogen-bond acceptors (Lipinski definition) is 9. The minimum Gasteiger partial charge on any atom is -0.481 e. The highest BCUT2D eigenvalue weighted by molar-refractivity contribution is 5.90. The van der Waals surface area contributed by atoms with Gasteiger partial charge in [-0.15, -0.1) is 0 Å². The van der Waals surface area contributed by atoms with Crippen molar-refractivity contribution < 1.29 is 29.3 Å². The van der Waals surface area contributed by atoms with Gasteiger partial charge in [0, 0.05) is 75.6 Å². The minimum absolute atomic E-state index is 0.0129. The normalized spacial score (nSPS) is 20.8. The second-order valence-corrected chi connectivity index (χ2v) is 11.3. The van der Waals surface area contributed by atoms with Crippen LogP contribution >= 0.6 is 0 Å². The number of carboxylic acid groups (broad SMARTS) is 1. The molecular weight excluding hydrogens is 562 g/mol. The number of aromatic nitrogens is 2. The maximum atomic E-state index is 12.5. The van der Waals surface area contributed by atoms with Gasteiger partial charge in [0.25, 0.3) is 0 Å². The zero-order valence-electron chi connectivity index (χ0n) is 24.9. The van der Waals surface area contributed by atoms with Crippen molar-refractivity contribution in [2.75, 3.05) is 42.9 Å². The zero-order chi connectivity index (χ0) is 30.7. The smallest absolute Gasteiger partial charge is 0.303 e. The maximum absolute atomic E-state index is 12.5. The third-order valence-electron chi connectivity index (χ3n) is 8.02. The Morgan fingerprint density at radius 1 is 0.886 bits per heavy atom. The highest BCUT2D eigenvalue weighted by Crippen LogP contribution is 2.38. The van der Waals surface area contributed by atoms with Gasteiger partial charge in [-0.3, -0.25) is 14.5 Å². The van der Waals surface area contributed by atoms with Gasteiger partial charge >= 0.3 is 5.97 Å². The lowest BCUT2D eigenvalue weighted by atomic mass is 9.99. The molecule has 3 N–H and O–H groups in total. The Kier molecular flexibility index (Phi) is 11.3. The fourth-order valence-corrected chi connectivity index (χ4v) is 5.63. The first kappa shape index (κ1) is 31.5. The molecule has 3 aromatic rings. The number of aliphatic hydroxyl groups excluding tert-OH is 1. The molecule has 0 spiro atoms. The van der Waals surface area contributed by atoms with Crippen molar-refractivity contribution in [3.8, 4) is 0 Å². The largest absolute Gasteiger partial charge is 0.481 e. The average molecular weight is 604 g/mol. The van der Waals surface area contributed by atoms with Crippen molar-refractivity contribution in [1.29, 1.82) is 0 Å². The van der Waals surface area contributed by atoms with Crippen molar-refractivity contribution in [2.24, 2.45) is 0 Å². The lowest BCUT2D eigenvalue weighted by Gasteiger charge is -2.40. The number of rotatable bonds is 13. The van der Waals surface area contributed by atoms with Crippen LogP contribution in [0, 0.1) is 0 Å². The molecule has 2 saturated heterocycles. The van der Waals surface area contributed by atoms with Crippen LogP contribution in [0.1, 0.15) is 67.6 Å². The molecule has 0 radical (unpaired) electrons. The molecule has 0 saturated carbocycles. The molecule has 2 fully saturated rings. The predicted octanol–water partition coefficient (Wildman–Crippen LogP) is 4.31. The summed E-state index contributed by atoms with van der Waals surface area (Å²) in [4.78, 5) is 36.6. The van der Waals surface area contributed by atoms with Crippen LogP contribution < -0.4 is 10.2 Å². The van der Waals surface area contributed by atoms with E-state index in [1.165, 1.54) is 0 Å². The van der Waals surface area contributed by atoms with Gasteiger partial charge in [0.2, 0.25) is 11.9 Å². The third kappa shape index (κ3) is 9.06. The van der Waals surface area contributed by atoms with Crippen LogP contribution in [0.5, 0.6) is 0 Å². The molecule has 0 bridgehead atoms. The van der Waals surface area contributed by atoms with Gasteiger partial charge in [0.05, 0.1) is 18.8 Å². The summed E-state index contributed by atoms with van der Waals surface area (Å²) >= 11 is 0. The van der Waals surface area contributed by atoms with Crippen molar-refractivity contribution in [3.63, 3.8) is 0 Å². The quantitative estimate of drug-likeness (QED) is 0.242. The third-order valence-corrected chi connectivity index (χ3v) is 8.02. The summed E-state index contributed by atoms with van der Waals surface area (Å²) in [6, 6.07) is 17.2. The number of carboxylic acids is 1. The SMILES string of the molecule is O=C(O)CCCCCC(=O)Nc1cccc([C@@H]2O[C@H](CN3CCN(c4ncccn4)CC3)C[C@H](c3ccc(CO)cc3)O2)c1. The molecule has 44 heavy (non-hydrogen) atoms. The number of aliphatic carboxylic acids is 1. The summed E-state index contributed by atoms with van der Waals surface area (Å²) < 4.78 is 13.1. The second-order valence-electron chi connectivity index (χ2n) is 11.3. The van der Waals surface area contributed by atoms with Crippen LogP contribution in [0.25, 0.3) is 0 Å². The first-order valence-electron chi connectivity index (χ1n) is 15.3. The number of benzene rings is 2. The molecule has 2 aliphatic heterocycles. The molecule has 11 heteroatoms. The van der Waals surface area contributed by atoms with E-state index in [0.717, 1.165) is 55.4 Å². The molecule has 0 aliphatic carbocycles. The lowest BCUT2D eigenvalue weighted by Crippen LogP contribution is -2.50. The van der Waals surface area contributed by atoms with E-state index in [-0.39, 0.29) is 31.1 Å². The highest BCUT2D eigenvalue weighted by Gasteiger charge is 2.34. The van der Waals surface area contributed by atoms with Gasteiger partial charge in [-0.2, -0.15) is 0 Å². The summed E-state index contributed by atoms with van der Waals surface area (Å²) in [5.74, 6) is -0.167. The van der Waals surface area contributed by atoms with Gasteiger partial charge in [0.15, 0.2) is 6.29 Å². The zero-order valence-corrected chi connectivity index (χ0v) is 24.9. The van der Waals surface area contributed by atoms with E-state index in [1.807, 2.05) is 54.6 Å². The molecule has 5 rings (SSSR count). The van der Waals surface area contributed by atoms with Crippen molar-refractivity contribution >= 4 is 23.5 Å². The summed E-state index contributed by atoms with van der Waals surface area (Å²) in [7, 11) is 0. The standard InChI is InChI=1S/C33H41N5O6/c39-23-24-10-12-25(13-11-24)29-21-28(22-37-16-18-38(19-17-37)33-34-14-5-15-35-33)43-32(44-29)26-6-4-7-27(20-26)36-30(40)8-2-1-3-9-31(41)42/h4-7,10-15,20,28-29,32,39H,1-3,8-9,16-19,21-23H2,(H,36,40)(H,41,42)/t28-,29+,32+/m0/s1. The van der Waals surface area contributed by atoms with Gasteiger partial charge in [0.1, 0.15) is 0 Å². The second kappa shape index (κ2) is 15.7. The van der Waals surface area contributed by atoms with Gasteiger partial charge in [-0.25, -0.2) is 9.97 Å². The van der Waals surface area contributed by atoms with E-state index in [1.54, 1.807) is 12.4 Å². The number of anilines is 2. The van der Waals surface area contributed by atoms with Gasteiger partial charge in [-0.1, -0.05) is 42.8 Å². The van der Waals surface area contributed by atoms with Gasteiger partial charge < -0.3 is 29.9 Å². The monoisotopic (exact) mass is 603 g/mol. The van der Waals surface area contributed by atoms with E-state index < -0.39 is 12.3 Å². The van der Waals surface area contributed by atoms with E-state index in [2.05, 4.69) is 25.1 Å². The minimum atomic E-state index is -0.814. The molecule has 1 aromatic heterocycles. The number of hydrogen-bond donors (Lipinski definition) is 3. The number of ether oxygens (including phenoxy) is 2. The van der Waals surface area contributed by atoms with Crippen LogP contribution in [0.15, 0.2) is 67.0 Å². The van der Waals surface area contributed by atoms with Crippen molar-refractivity contribution in [1.82, 2.24) is 14.9 Å². The van der Waals surface area contributed by atoms with E-state index >= 15 is 0 Å². The number of nitrogens with one attached hydrogen (secondary N) is 1. The average Bonchev–Trinajstić information content (AvgIpc) is 3.05. The van der Waals surface area contributed by atoms with Gasteiger partial charge in [-0.05, 0) is 42.2 Å².